The predicted molar refractivity (Wildman–Crippen MR) is 93.4 cm³/mol. The Morgan fingerprint density at radius 2 is 1.92 bits per heavy atom. The van der Waals surface area contributed by atoms with Crippen molar-refractivity contribution in [3.8, 4) is 17.0 Å². The summed E-state index contributed by atoms with van der Waals surface area (Å²) < 4.78 is 5.15. The van der Waals surface area contributed by atoms with E-state index in [1.54, 1.807) is 30.5 Å². The number of hydrogen-bond donors (Lipinski definition) is 1. The van der Waals surface area contributed by atoms with Crippen molar-refractivity contribution in [3.05, 3.63) is 66.4 Å². The summed E-state index contributed by atoms with van der Waals surface area (Å²) in [6, 6.07) is 16.4. The summed E-state index contributed by atoms with van der Waals surface area (Å²) in [4.78, 5) is 14.9. The molecule has 0 unspecified atom stereocenters. The summed E-state index contributed by atoms with van der Waals surface area (Å²) in [5.74, 6) is -0.692. The highest BCUT2D eigenvalue weighted by Gasteiger charge is 2.03. The smallest absolute Gasteiger partial charge is 0.263 e. The van der Waals surface area contributed by atoms with Crippen molar-refractivity contribution in [1.29, 1.82) is 0 Å². The van der Waals surface area contributed by atoms with Crippen LogP contribution in [-0.4, -0.2) is 34.0 Å². The molecule has 0 saturated heterocycles. The van der Waals surface area contributed by atoms with Crippen LogP contribution < -0.4 is 15.3 Å². The van der Waals surface area contributed by atoms with Crippen molar-refractivity contribution in [2.24, 2.45) is 5.10 Å². The molecule has 3 aromatic rings. The second-order valence-corrected chi connectivity index (χ2v) is 5.10. The van der Waals surface area contributed by atoms with Crippen molar-refractivity contribution < 1.29 is 14.6 Å². The first-order chi connectivity index (χ1) is 12.7. The molecule has 0 amide bonds. The van der Waals surface area contributed by atoms with Gasteiger partial charge in [-0.2, -0.15) is 10.2 Å². The number of anilines is 1. The van der Waals surface area contributed by atoms with Crippen LogP contribution in [0.3, 0.4) is 0 Å². The molecule has 1 heterocycles. The van der Waals surface area contributed by atoms with E-state index < -0.39 is 12.6 Å². The molecule has 2 aromatic carbocycles. The Morgan fingerprint density at radius 3 is 2.73 bits per heavy atom. The van der Waals surface area contributed by atoms with E-state index in [1.165, 1.54) is 6.21 Å². The summed E-state index contributed by atoms with van der Waals surface area (Å²) in [6.45, 7) is -0.537. The van der Waals surface area contributed by atoms with Gasteiger partial charge in [0.2, 0.25) is 0 Å². The Bertz CT molecular complexity index is 915. The maximum Gasteiger partial charge on any atom is 0.263 e. The number of nitrogens with zero attached hydrogens (tertiary/aromatic N) is 4. The first-order valence-electron chi connectivity index (χ1n) is 7.68. The number of ether oxygens (including phenoxy) is 1. The number of hydrazone groups is 1. The van der Waals surface area contributed by atoms with Crippen molar-refractivity contribution in [2.45, 2.75) is 0 Å². The fourth-order valence-electron chi connectivity index (χ4n) is 2.11. The molecule has 130 valence electrons. The van der Waals surface area contributed by atoms with Crippen LogP contribution >= 0.6 is 0 Å². The molecular formula is C18H14N5O3-. The number of carbonyl (C=O) groups is 1. The average Bonchev–Trinajstić information content (AvgIpc) is 2.68. The lowest BCUT2D eigenvalue weighted by molar-refractivity contribution is -0.307. The molecule has 0 bridgehead atoms. The van der Waals surface area contributed by atoms with Gasteiger partial charge in [0.05, 0.1) is 24.1 Å². The summed E-state index contributed by atoms with van der Waals surface area (Å²) in [6.07, 6.45) is 3.04. The lowest BCUT2D eigenvalue weighted by Gasteiger charge is -2.09. The van der Waals surface area contributed by atoms with Gasteiger partial charge in [-0.3, -0.25) is 0 Å². The molecule has 0 radical (unpaired) electrons. The zero-order chi connectivity index (χ0) is 18.2. The van der Waals surface area contributed by atoms with E-state index in [0.717, 1.165) is 5.56 Å². The van der Waals surface area contributed by atoms with Crippen molar-refractivity contribution >= 4 is 18.1 Å². The van der Waals surface area contributed by atoms with Crippen LogP contribution in [0.4, 0.5) is 5.95 Å². The summed E-state index contributed by atoms with van der Waals surface area (Å²) in [7, 11) is 0. The van der Waals surface area contributed by atoms with Crippen LogP contribution in [0.5, 0.6) is 5.75 Å². The third kappa shape index (κ3) is 4.60. The monoisotopic (exact) mass is 348 g/mol. The molecule has 0 atom stereocenters. The number of benzene rings is 2. The third-order valence-corrected chi connectivity index (χ3v) is 3.26. The van der Waals surface area contributed by atoms with Gasteiger partial charge in [0.1, 0.15) is 12.4 Å². The zero-order valence-electron chi connectivity index (χ0n) is 13.6. The second-order valence-electron chi connectivity index (χ2n) is 5.10. The highest BCUT2D eigenvalue weighted by molar-refractivity contribution is 5.84. The highest BCUT2D eigenvalue weighted by atomic mass is 16.5. The minimum absolute atomic E-state index is 0.232. The minimum atomic E-state index is -1.30. The second kappa shape index (κ2) is 8.34. The van der Waals surface area contributed by atoms with E-state index in [0.29, 0.717) is 17.0 Å². The van der Waals surface area contributed by atoms with E-state index >= 15 is 0 Å². The van der Waals surface area contributed by atoms with Crippen LogP contribution in [0.2, 0.25) is 0 Å². The molecular weight excluding hydrogens is 334 g/mol. The molecule has 8 heteroatoms. The zero-order valence-corrected chi connectivity index (χ0v) is 13.6. The normalized spacial score (nSPS) is 10.6. The first-order valence-corrected chi connectivity index (χ1v) is 7.68. The molecule has 0 aliphatic carbocycles. The predicted octanol–water partition coefficient (Wildman–Crippen LogP) is 1.11. The quantitative estimate of drug-likeness (QED) is 0.503. The maximum absolute atomic E-state index is 10.5. The maximum atomic E-state index is 10.5. The van der Waals surface area contributed by atoms with E-state index in [1.807, 2.05) is 30.3 Å². The van der Waals surface area contributed by atoms with Crippen molar-refractivity contribution in [3.63, 3.8) is 0 Å². The summed E-state index contributed by atoms with van der Waals surface area (Å²) in [5, 5.41) is 22.4. The SMILES string of the molecule is O=C([O-])COc1ccccc1/C=N/Nc1nncc(-c2ccccc2)n1. The standard InChI is InChI=1S/C18H15N5O3/c24-17(25)12-26-16-9-5-4-8-14(16)10-19-22-18-21-15(11-20-23-18)13-6-2-1-3-7-13/h1-11H,12H2,(H,24,25)(H,21,22,23)/p-1/b19-10+. The van der Waals surface area contributed by atoms with E-state index in [4.69, 9.17) is 4.74 Å². The van der Waals surface area contributed by atoms with Gasteiger partial charge >= 0.3 is 0 Å². The van der Waals surface area contributed by atoms with Gasteiger partial charge in [-0.1, -0.05) is 42.5 Å². The number of rotatable bonds is 7. The molecule has 0 aliphatic heterocycles. The molecule has 0 fully saturated rings. The van der Waals surface area contributed by atoms with E-state index in [2.05, 4.69) is 25.7 Å². The lowest BCUT2D eigenvalue weighted by atomic mass is 10.2. The molecule has 8 nitrogen and oxygen atoms in total. The van der Waals surface area contributed by atoms with Gasteiger partial charge in [-0.05, 0) is 12.1 Å². The molecule has 1 N–H and O–H groups in total. The molecule has 0 saturated carbocycles. The van der Waals surface area contributed by atoms with E-state index in [9.17, 15) is 9.90 Å². The number of aliphatic carboxylic acids is 1. The number of aromatic nitrogens is 3. The minimum Gasteiger partial charge on any atom is -0.546 e. The van der Waals surface area contributed by atoms with Gasteiger partial charge in [-0.25, -0.2) is 10.4 Å². The number of nitrogens with one attached hydrogen (secondary N) is 1. The lowest BCUT2D eigenvalue weighted by Crippen LogP contribution is -2.29. The van der Waals surface area contributed by atoms with Crippen LogP contribution in [0, 0.1) is 0 Å². The van der Waals surface area contributed by atoms with E-state index in [-0.39, 0.29) is 5.95 Å². The molecule has 0 spiro atoms. The van der Waals surface area contributed by atoms with Gasteiger partial charge in [0.15, 0.2) is 0 Å². The first kappa shape index (κ1) is 17.0. The fraction of sp³-hybridized carbons (Fsp3) is 0.0556. The van der Waals surface area contributed by atoms with Crippen molar-refractivity contribution in [2.75, 3.05) is 12.0 Å². The largest absolute Gasteiger partial charge is 0.546 e. The molecule has 1 aromatic heterocycles. The molecule has 0 aliphatic rings. The Labute approximate surface area is 149 Å². The topological polar surface area (TPSA) is 112 Å². The third-order valence-electron chi connectivity index (χ3n) is 3.26. The number of carbonyl (C=O) groups excluding carboxylic acids is 1. The van der Waals surface area contributed by atoms with Crippen molar-refractivity contribution in [1.82, 2.24) is 15.2 Å². The molecule has 3 rings (SSSR count). The van der Waals surface area contributed by atoms with Crippen LogP contribution in [0.1, 0.15) is 5.56 Å². The van der Waals surface area contributed by atoms with Gasteiger partial charge in [-0.15, -0.1) is 5.10 Å². The van der Waals surface area contributed by atoms with Gasteiger partial charge in [0, 0.05) is 11.1 Å². The number of hydrogen-bond acceptors (Lipinski definition) is 8. The van der Waals surface area contributed by atoms with Crippen LogP contribution in [-0.2, 0) is 4.79 Å². The Kier molecular flexibility index (Phi) is 5.46. The Balaban J connectivity index is 1.71. The van der Waals surface area contributed by atoms with Gasteiger partial charge in [0.25, 0.3) is 5.95 Å². The highest BCUT2D eigenvalue weighted by Crippen LogP contribution is 2.17. The number of carboxylic acid groups (broad SMARTS) is 1. The summed E-state index contributed by atoms with van der Waals surface area (Å²) >= 11 is 0. The number of para-hydroxylation sites is 1. The Hall–Kier alpha value is -3.81. The fourth-order valence-corrected chi connectivity index (χ4v) is 2.11. The summed E-state index contributed by atoms with van der Waals surface area (Å²) in [5.41, 5.74) is 4.86. The average molecular weight is 348 g/mol. The number of carboxylic acids is 1. The van der Waals surface area contributed by atoms with Gasteiger partial charge < -0.3 is 14.6 Å². The van der Waals surface area contributed by atoms with Crippen LogP contribution in [0.15, 0.2) is 65.9 Å². The van der Waals surface area contributed by atoms with Crippen LogP contribution in [0.25, 0.3) is 11.3 Å². The Morgan fingerprint density at radius 1 is 1.15 bits per heavy atom. The molecule has 26 heavy (non-hydrogen) atoms.